The Morgan fingerprint density at radius 3 is 1.70 bits per heavy atom. The molecule has 0 spiro atoms. The third-order valence-electron chi connectivity index (χ3n) is 10.3. The van der Waals surface area contributed by atoms with Crippen molar-refractivity contribution in [1.82, 2.24) is 4.98 Å². The summed E-state index contributed by atoms with van der Waals surface area (Å²) in [6.07, 6.45) is 0. The second kappa shape index (κ2) is 12.1. The predicted molar refractivity (Wildman–Crippen MR) is 220 cm³/mol. The van der Waals surface area contributed by atoms with Crippen molar-refractivity contribution in [2.45, 2.75) is 0 Å². The molecule has 0 saturated carbocycles. The van der Waals surface area contributed by atoms with Crippen LogP contribution in [0.5, 0.6) is 0 Å². The third kappa shape index (κ3) is 4.98. The Labute approximate surface area is 309 Å². The van der Waals surface area contributed by atoms with Crippen LogP contribution in [0.3, 0.4) is 0 Å². The van der Waals surface area contributed by atoms with Crippen LogP contribution < -0.4 is 4.90 Å². The van der Waals surface area contributed by atoms with Gasteiger partial charge in [0.2, 0.25) is 5.89 Å². The van der Waals surface area contributed by atoms with Crippen molar-refractivity contribution in [3.05, 3.63) is 182 Å². The van der Waals surface area contributed by atoms with E-state index in [9.17, 15) is 0 Å². The van der Waals surface area contributed by atoms with E-state index in [2.05, 4.69) is 126 Å². The zero-order chi connectivity index (χ0) is 35.6. The van der Waals surface area contributed by atoms with E-state index in [1.165, 1.54) is 11.1 Å². The van der Waals surface area contributed by atoms with Crippen molar-refractivity contribution >= 4 is 72.0 Å². The van der Waals surface area contributed by atoms with E-state index >= 15 is 0 Å². The molecule has 8 aromatic carbocycles. The van der Waals surface area contributed by atoms with Crippen LogP contribution >= 0.6 is 0 Å². The first-order valence-corrected chi connectivity index (χ1v) is 18.0. The number of hydrogen-bond donors (Lipinski definition) is 0. The first kappa shape index (κ1) is 30.3. The summed E-state index contributed by atoms with van der Waals surface area (Å²) in [6, 6.07) is 62.9. The second-order valence-electron chi connectivity index (χ2n) is 13.6. The average molecular weight is 695 g/mol. The van der Waals surface area contributed by atoms with Crippen LogP contribution in [-0.2, 0) is 0 Å². The summed E-state index contributed by atoms with van der Waals surface area (Å²) in [6.45, 7) is 0. The first-order valence-electron chi connectivity index (χ1n) is 18.0. The van der Waals surface area contributed by atoms with Crippen LogP contribution in [0.25, 0.3) is 88.7 Å². The lowest BCUT2D eigenvalue weighted by Gasteiger charge is -2.26. The van der Waals surface area contributed by atoms with Gasteiger partial charge in [-0.2, -0.15) is 0 Å². The quantitative estimate of drug-likeness (QED) is 0.173. The highest BCUT2D eigenvalue weighted by Gasteiger charge is 2.20. The summed E-state index contributed by atoms with van der Waals surface area (Å²) in [4.78, 5) is 7.10. The molecule has 3 heterocycles. The fourth-order valence-electron chi connectivity index (χ4n) is 7.69. The van der Waals surface area contributed by atoms with E-state index in [4.69, 9.17) is 18.2 Å². The van der Waals surface area contributed by atoms with Gasteiger partial charge in [-0.15, -0.1) is 0 Å². The van der Waals surface area contributed by atoms with Gasteiger partial charge in [0.05, 0.1) is 11.1 Å². The van der Waals surface area contributed by atoms with Crippen LogP contribution in [-0.4, -0.2) is 4.98 Å². The van der Waals surface area contributed by atoms with Crippen LogP contribution in [0.15, 0.2) is 195 Å². The summed E-state index contributed by atoms with van der Waals surface area (Å²) >= 11 is 0. The van der Waals surface area contributed by atoms with Crippen LogP contribution in [0.2, 0.25) is 0 Å². The van der Waals surface area contributed by atoms with E-state index in [1.807, 2.05) is 60.7 Å². The lowest BCUT2D eigenvalue weighted by Crippen LogP contribution is -2.10. The summed E-state index contributed by atoms with van der Waals surface area (Å²) in [5, 5.41) is 4.23. The molecule has 3 aromatic heterocycles. The molecule has 5 heteroatoms. The molecular formula is C49H30N2O3. The fraction of sp³-hybridized carbons (Fsp3) is 0. The molecule has 254 valence electrons. The van der Waals surface area contributed by atoms with E-state index in [-0.39, 0.29) is 0 Å². The minimum Gasteiger partial charge on any atom is -0.456 e. The van der Waals surface area contributed by atoms with Crippen molar-refractivity contribution in [3.8, 4) is 33.7 Å². The fourth-order valence-corrected chi connectivity index (χ4v) is 7.69. The summed E-state index contributed by atoms with van der Waals surface area (Å²) in [5.41, 5.74) is 13.5. The third-order valence-corrected chi connectivity index (χ3v) is 10.3. The van der Waals surface area contributed by atoms with E-state index < -0.39 is 0 Å². The molecule has 0 amide bonds. The summed E-state index contributed by atoms with van der Waals surface area (Å²) in [5.74, 6) is 0.603. The van der Waals surface area contributed by atoms with Gasteiger partial charge < -0.3 is 18.2 Å². The Morgan fingerprint density at radius 2 is 0.944 bits per heavy atom. The minimum absolute atomic E-state index is 0.603. The molecule has 0 unspecified atom stereocenters. The van der Waals surface area contributed by atoms with E-state index in [0.29, 0.717) is 11.5 Å². The smallest absolute Gasteiger partial charge is 0.227 e. The Kier molecular flexibility index (Phi) is 6.79. The number of oxazole rings is 1. The Balaban J connectivity index is 0.984. The normalized spacial score (nSPS) is 11.7. The number of hydrogen-bond acceptors (Lipinski definition) is 5. The monoisotopic (exact) mass is 694 g/mol. The highest BCUT2D eigenvalue weighted by molar-refractivity contribution is 6.13. The van der Waals surface area contributed by atoms with Gasteiger partial charge in [-0.1, -0.05) is 103 Å². The van der Waals surface area contributed by atoms with Gasteiger partial charge in [-0.25, -0.2) is 4.98 Å². The second-order valence-corrected chi connectivity index (χ2v) is 13.6. The van der Waals surface area contributed by atoms with Gasteiger partial charge in [0, 0.05) is 39.2 Å². The van der Waals surface area contributed by atoms with Crippen LogP contribution in [0, 0.1) is 0 Å². The van der Waals surface area contributed by atoms with Crippen LogP contribution in [0.4, 0.5) is 17.1 Å². The Hall–Kier alpha value is -7.37. The first-order chi connectivity index (χ1) is 26.7. The molecule has 0 aliphatic heterocycles. The SMILES string of the molecule is c1ccc(-c2ccc(N(c3ccc(-c4ccc5c(c4)oc4cc6oc(-c7ccccc7)nc6cc45)cc3)c3cccc4oc5ccccc5c34)cc2)cc1. The molecule has 0 radical (unpaired) electrons. The molecular weight excluding hydrogens is 665 g/mol. The minimum atomic E-state index is 0.603. The lowest BCUT2D eigenvalue weighted by molar-refractivity contribution is 0.617. The number of anilines is 3. The van der Waals surface area contributed by atoms with Crippen molar-refractivity contribution in [3.63, 3.8) is 0 Å². The van der Waals surface area contributed by atoms with Gasteiger partial charge in [-0.05, 0) is 95.1 Å². The number of fused-ring (bicyclic) bond motifs is 7. The van der Waals surface area contributed by atoms with Gasteiger partial charge in [-0.3, -0.25) is 0 Å². The number of benzene rings is 8. The van der Waals surface area contributed by atoms with Crippen LogP contribution in [0.1, 0.15) is 0 Å². The maximum Gasteiger partial charge on any atom is 0.227 e. The van der Waals surface area contributed by atoms with Gasteiger partial charge >= 0.3 is 0 Å². The molecule has 0 fully saturated rings. The predicted octanol–water partition coefficient (Wildman–Crippen LogP) is 14.1. The van der Waals surface area contributed by atoms with E-state index in [1.54, 1.807) is 0 Å². The maximum absolute atomic E-state index is 6.42. The van der Waals surface area contributed by atoms with E-state index in [0.717, 1.165) is 83.1 Å². The zero-order valence-corrected chi connectivity index (χ0v) is 28.9. The lowest BCUT2D eigenvalue weighted by atomic mass is 10.0. The molecule has 0 atom stereocenters. The topological polar surface area (TPSA) is 55.6 Å². The molecule has 0 aliphatic carbocycles. The van der Waals surface area contributed by atoms with Gasteiger partial charge in [0.1, 0.15) is 27.8 Å². The highest BCUT2D eigenvalue weighted by Crippen LogP contribution is 2.44. The van der Waals surface area contributed by atoms with Crippen molar-refractivity contribution in [1.29, 1.82) is 0 Å². The van der Waals surface area contributed by atoms with Crippen molar-refractivity contribution in [2.24, 2.45) is 0 Å². The number of furan rings is 2. The number of para-hydroxylation sites is 1. The molecule has 11 aromatic rings. The van der Waals surface area contributed by atoms with Gasteiger partial charge in [0.15, 0.2) is 5.58 Å². The standard InChI is InChI=1S/C49H30N2O3/c1-3-10-31(11-4-1)32-18-23-36(24-19-32)51(42-15-9-17-44-48(42)39-14-7-8-16-43(39)52-44)37-25-20-33(21-26-37)35-22-27-38-40-29-41-47(30-46(40)53-45(38)28-35)54-49(50-41)34-12-5-2-6-13-34/h1-30H. The highest BCUT2D eigenvalue weighted by atomic mass is 16.4. The molecule has 0 aliphatic rings. The molecule has 0 bridgehead atoms. The number of aromatic nitrogens is 1. The van der Waals surface area contributed by atoms with Crippen molar-refractivity contribution in [2.75, 3.05) is 4.90 Å². The largest absolute Gasteiger partial charge is 0.456 e. The summed E-state index contributed by atoms with van der Waals surface area (Å²) in [7, 11) is 0. The molecule has 0 saturated heterocycles. The molecule has 5 nitrogen and oxygen atoms in total. The summed E-state index contributed by atoms with van der Waals surface area (Å²) < 4.78 is 18.9. The molecule has 0 N–H and O–H groups in total. The average Bonchev–Trinajstić information content (AvgIpc) is 3.94. The Bertz CT molecular complexity index is 3140. The zero-order valence-electron chi connectivity index (χ0n) is 28.9. The van der Waals surface area contributed by atoms with Crippen molar-refractivity contribution < 1.29 is 13.3 Å². The number of rotatable bonds is 6. The molecule has 54 heavy (non-hydrogen) atoms. The Morgan fingerprint density at radius 1 is 0.352 bits per heavy atom. The maximum atomic E-state index is 6.42. The number of nitrogens with zero attached hydrogens (tertiary/aromatic N) is 2. The molecule has 11 rings (SSSR count). The van der Waals surface area contributed by atoms with Gasteiger partial charge in [0.25, 0.3) is 0 Å².